The second-order valence-electron chi connectivity index (χ2n) is 3.51. The summed E-state index contributed by atoms with van der Waals surface area (Å²) < 4.78 is 6.69. The number of hydrogen-bond donors (Lipinski definition) is 2. The Balaban J connectivity index is 2.08. The summed E-state index contributed by atoms with van der Waals surface area (Å²) in [5, 5.41) is 9.39. The lowest BCUT2D eigenvalue weighted by Crippen LogP contribution is -2.16. The lowest BCUT2D eigenvalue weighted by atomic mass is 10.4. The third kappa shape index (κ3) is 2.62. The second-order valence-corrected chi connectivity index (χ2v) is 3.94. The zero-order chi connectivity index (χ0) is 13.1. The maximum Gasteiger partial charge on any atom is 0.337 e. The SMILES string of the molecule is CCOc1n[nH]c(NC(=O)c2cc(Cl)cn2C)n1. The van der Waals surface area contributed by atoms with Crippen molar-refractivity contribution < 1.29 is 9.53 Å². The maximum absolute atomic E-state index is 11.9. The van der Waals surface area contributed by atoms with Gasteiger partial charge in [0.1, 0.15) is 5.69 Å². The Morgan fingerprint density at radius 3 is 3.06 bits per heavy atom. The molecule has 0 saturated carbocycles. The first kappa shape index (κ1) is 12.4. The molecule has 0 fully saturated rings. The highest BCUT2D eigenvalue weighted by molar-refractivity contribution is 6.31. The van der Waals surface area contributed by atoms with E-state index in [9.17, 15) is 4.79 Å². The molecule has 0 aliphatic carbocycles. The molecule has 96 valence electrons. The van der Waals surface area contributed by atoms with Gasteiger partial charge in [0.2, 0.25) is 5.95 Å². The highest BCUT2D eigenvalue weighted by Gasteiger charge is 2.13. The Labute approximate surface area is 108 Å². The number of rotatable bonds is 4. The van der Waals surface area contributed by atoms with E-state index >= 15 is 0 Å². The van der Waals surface area contributed by atoms with Gasteiger partial charge in [-0.25, -0.2) is 5.10 Å². The first-order valence-corrected chi connectivity index (χ1v) is 5.66. The summed E-state index contributed by atoms with van der Waals surface area (Å²) in [6.07, 6.45) is 1.64. The number of halogens is 1. The number of amides is 1. The van der Waals surface area contributed by atoms with E-state index in [1.165, 1.54) is 0 Å². The molecule has 0 aromatic carbocycles. The average Bonchev–Trinajstić information content (AvgIpc) is 2.86. The molecule has 0 aliphatic rings. The molecule has 1 amide bonds. The molecule has 0 aliphatic heterocycles. The van der Waals surface area contributed by atoms with Gasteiger partial charge >= 0.3 is 6.01 Å². The van der Waals surface area contributed by atoms with Crippen LogP contribution in [0.5, 0.6) is 6.01 Å². The first-order valence-electron chi connectivity index (χ1n) is 5.28. The number of hydrogen-bond acceptors (Lipinski definition) is 4. The van der Waals surface area contributed by atoms with Gasteiger partial charge in [0.15, 0.2) is 0 Å². The first-order chi connectivity index (χ1) is 8.60. The van der Waals surface area contributed by atoms with Crippen molar-refractivity contribution in [3.8, 4) is 6.01 Å². The van der Waals surface area contributed by atoms with Crippen molar-refractivity contribution in [1.82, 2.24) is 19.7 Å². The van der Waals surface area contributed by atoms with Crippen LogP contribution in [0.1, 0.15) is 17.4 Å². The molecule has 0 spiro atoms. The molecule has 2 aromatic rings. The second kappa shape index (κ2) is 5.09. The largest absolute Gasteiger partial charge is 0.463 e. The maximum atomic E-state index is 11.9. The van der Waals surface area contributed by atoms with E-state index in [-0.39, 0.29) is 17.9 Å². The van der Waals surface area contributed by atoms with Crippen molar-refractivity contribution in [2.45, 2.75) is 6.92 Å². The molecule has 7 nitrogen and oxygen atoms in total. The zero-order valence-electron chi connectivity index (χ0n) is 9.90. The number of aromatic nitrogens is 4. The van der Waals surface area contributed by atoms with Gasteiger partial charge in [-0.2, -0.15) is 4.98 Å². The minimum atomic E-state index is -0.330. The van der Waals surface area contributed by atoms with Crippen LogP contribution >= 0.6 is 11.6 Å². The average molecular weight is 270 g/mol. The third-order valence-corrected chi connectivity index (χ3v) is 2.38. The third-order valence-electron chi connectivity index (χ3n) is 2.17. The minimum Gasteiger partial charge on any atom is -0.463 e. The Hall–Kier alpha value is -2.02. The number of nitrogens with zero attached hydrogens (tertiary/aromatic N) is 3. The van der Waals surface area contributed by atoms with Crippen molar-refractivity contribution in [3.05, 3.63) is 23.0 Å². The molecule has 2 heterocycles. The van der Waals surface area contributed by atoms with Crippen molar-refractivity contribution in [2.24, 2.45) is 7.05 Å². The van der Waals surface area contributed by atoms with E-state index in [0.29, 0.717) is 17.3 Å². The quantitative estimate of drug-likeness (QED) is 0.880. The van der Waals surface area contributed by atoms with Crippen LogP contribution in [0.3, 0.4) is 0 Å². The number of H-pyrrole nitrogens is 1. The van der Waals surface area contributed by atoms with Gasteiger partial charge in [0.05, 0.1) is 11.6 Å². The molecule has 0 atom stereocenters. The standard InChI is InChI=1S/C10H12ClN5O2/c1-3-18-10-13-9(14-15-10)12-8(17)7-4-6(11)5-16(7)2/h4-5H,3H2,1-2H3,(H2,12,13,14,15,17). The van der Waals surface area contributed by atoms with Gasteiger partial charge in [-0.15, -0.1) is 5.10 Å². The number of carbonyl (C=O) groups excluding carboxylic acids is 1. The smallest absolute Gasteiger partial charge is 0.337 e. The molecule has 2 N–H and O–H groups in total. The summed E-state index contributed by atoms with van der Waals surface area (Å²) in [5.74, 6) is -0.107. The van der Waals surface area contributed by atoms with Crippen molar-refractivity contribution >= 4 is 23.5 Å². The molecule has 18 heavy (non-hydrogen) atoms. The minimum absolute atomic E-state index is 0.192. The fourth-order valence-corrected chi connectivity index (χ4v) is 1.67. The summed E-state index contributed by atoms with van der Waals surface area (Å²) >= 11 is 5.80. The number of carbonyl (C=O) groups is 1. The molecule has 8 heteroatoms. The van der Waals surface area contributed by atoms with Crippen molar-refractivity contribution in [3.63, 3.8) is 0 Å². The van der Waals surface area contributed by atoms with E-state index in [4.69, 9.17) is 16.3 Å². The normalized spacial score (nSPS) is 10.4. The van der Waals surface area contributed by atoms with Crippen LogP contribution in [-0.4, -0.2) is 32.3 Å². The fourth-order valence-electron chi connectivity index (χ4n) is 1.42. The van der Waals surface area contributed by atoms with E-state index in [1.807, 2.05) is 6.92 Å². The highest BCUT2D eigenvalue weighted by atomic mass is 35.5. The van der Waals surface area contributed by atoms with Crippen LogP contribution in [0, 0.1) is 0 Å². The molecule has 2 rings (SSSR count). The van der Waals surface area contributed by atoms with Crippen LogP contribution < -0.4 is 10.1 Å². The van der Waals surface area contributed by atoms with Gasteiger partial charge in [0.25, 0.3) is 5.91 Å². The summed E-state index contributed by atoms with van der Waals surface area (Å²) in [5.41, 5.74) is 0.425. The van der Waals surface area contributed by atoms with Gasteiger partial charge in [-0.3, -0.25) is 10.1 Å². The van der Waals surface area contributed by atoms with Gasteiger partial charge in [-0.1, -0.05) is 11.6 Å². The number of ether oxygens (including phenoxy) is 1. The Kier molecular flexibility index (Phi) is 3.52. The summed E-state index contributed by atoms with van der Waals surface area (Å²) in [7, 11) is 1.73. The summed E-state index contributed by atoms with van der Waals surface area (Å²) in [6, 6.07) is 1.76. The van der Waals surface area contributed by atoms with Crippen molar-refractivity contribution in [1.29, 1.82) is 0 Å². The van der Waals surface area contributed by atoms with E-state index in [0.717, 1.165) is 0 Å². The zero-order valence-corrected chi connectivity index (χ0v) is 10.7. The lowest BCUT2D eigenvalue weighted by molar-refractivity contribution is 0.101. The molecule has 0 bridgehead atoms. The monoisotopic (exact) mass is 269 g/mol. The lowest BCUT2D eigenvalue weighted by Gasteiger charge is -2.01. The topological polar surface area (TPSA) is 84.8 Å². The Bertz CT molecular complexity index is 562. The Morgan fingerprint density at radius 1 is 1.67 bits per heavy atom. The van der Waals surface area contributed by atoms with E-state index < -0.39 is 0 Å². The predicted molar refractivity (Wildman–Crippen MR) is 65.9 cm³/mol. The molecule has 2 aromatic heterocycles. The van der Waals surface area contributed by atoms with Gasteiger partial charge < -0.3 is 9.30 Å². The van der Waals surface area contributed by atoms with Crippen molar-refractivity contribution in [2.75, 3.05) is 11.9 Å². The highest BCUT2D eigenvalue weighted by Crippen LogP contribution is 2.14. The number of aryl methyl sites for hydroxylation is 1. The predicted octanol–water partition coefficient (Wildman–Crippen LogP) is 1.45. The van der Waals surface area contributed by atoms with Crippen LogP contribution in [0.4, 0.5) is 5.95 Å². The molecular weight excluding hydrogens is 258 g/mol. The van der Waals surface area contributed by atoms with Crippen LogP contribution in [0.15, 0.2) is 12.3 Å². The fraction of sp³-hybridized carbons (Fsp3) is 0.300. The molecule has 0 saturated heterocycles. The molecular formula is C10H12ClN5O2. The van der Waals surface area contributed by atoms with Crippen LogP contribution in [0.2, 0.25) is 5.02 Å². The molecule has 0 radical (unpaired) electrons. The number of anilines is 1. The summed E-state index contributed by atoms with van der Waals surface area (Å²) in [4.78, 5) is 15.8. The van der Waals surface area contributed by atoms with Crippen LogP contribution in [0.25, 0.3) is 0 Å². The van der Waals surface area contributed by atoms with Gasteiger partial charge in [-0.05, 0) is 13.0 Å². The number of aromatic amines is 1. The van der Waals surface area contributed by atoms with E-state index in [1.54, 1.807) is 23.9 Å². The van der Waals surface area contributed by atoms with E-state index in [2.05, 4.69) is 20.5 Å². The number of nitrogens with one attached hydrogen (secondary N) is 2. The van der Waals surface area contributed by atoms with Gasteiger partial charge in [0, 0.05) is 13.2 Å². The Morgan fingerprint density at radius 2 is 2.44 bits per heavy atom. The van der Waals surface area contributed by atoms with Crippen LogP contribution in [-0.2, 0) is 7.05 Å². The molecule has 0 unspecified atom stereocenters. The summed E-state index contributed by atoms with van der Waals surface area (Å²) in [6.45, 7) is 2.28.